The highest BCUT2D eigenvalue weighted by molar-refractivity contribution is 6.33. The van der Waals surface area contributed by atoms with Crippen LogP contribution in [0.2, 0.25) is 5.02 Å². The summed E-state index contributed by atoms with van der Waals surface area (Å²) in [5.41, 5.74) is 0.789. The van der Waals surface area contributed by atoms with E-state index in [1.165, 1.54) is 18.2 Å². The number of phenols is 1. The molecule has 1 N–H and O–H groups in total. The van der Waals surface area contributed by atoms with E-state index in [0.717, 1.165) is 0 Å². The Morgan fingerprint density at radius 1 is 1.18 bits per heavy atom. The molecule has 0 aromatic heterocycles. The molecule has 0 spiro atoms. The number of benzene rings is 2. The Hall–Kier alpha value is -2.07. The number of aromatic hydroxyl groups is 1. The van der Waals surface area contributed by atoms with Crippen LogP contribution in [-0.2, 0) is 0 Å². The molecule has 2 aromatic carbocycles. The Kier molecular flexibility index (Phi) is 2.97. The van der Waals surface area contributed by atoms with Gasteiger partial charge in [0.25, 0.3) is 5.69 Å². The van der Waals surface area contributed by atoms with Crippen molar-refractivity contribution in [2.24, 2.45) is 0 Å². The van der Waals surface area contributed by atoms with Crippen LogP contribution in [0.4, 0.5) is 5.69 Å². The number of hydrogen-bond acceptors (Lipinski definition) is 3. The van der Waals surface area contributed by atoms with Crippen molar-refractivity contribution < 1.29 is 10.0 Å². The summed E-state index contributed by atoms with van der Waals surface area (Å²) >= 11 is 5.81. The fourth-order valence-corrected chi connectivity index (χ4v) is 1.85. The molecule has 0 fully saturated rings. The van der Waals surface area contributed by atoms with Gasteiger partial charge >= 0.3 is 0 Å². The number of para-hydroxylation sites is 1. The fourth-order valence-electron chi connectivity index (χ4n) is 1.61. The number of rotatable bonds is 2. The first kappa shape index (κ1) is 11.4. The molecule has 0 saturated carbocycles. The third kappa shape index (κ3) is 2.21. The predicted molar refractivity (Wildman–Crippen MR) is 65.2 cm³/mol. The van der Waals surface area contributed by atoms with Gasteiger partial charge in [0.2, 0.25) is 0 Å². The first-order chi connectivity index (χ1) is 8.09. The lowest BCUT2D eigenvalue weighted by atomic mass is 10.0. The molecular weight excluding hydrogens is 242 g/mol. The molecule has 0 heterocycles. The largest absolute Gasteiger partial charge is 0.508 e. The van der Waals surface area contributed by atoms with Gasteiger partial charge in [0, 0.05) is 0 Å². The lowest BCUT2D eigenvalue weighted by Gasteiger charge is -2.04. The molecule has 2 rings (SSSR count). The molecule has 0 atom stereocenters. The van der Waals surface area contributed by atoms with E-state index in [1.54, 1.807) is 24.3 Å². The third-order valence-corrected chi connectivity index (χ3v) is 2.63. The van der Waals surface area contributed by atoms with Crippen LogP contribution < -0.4 is 0 Å². The van der Waals surface area contributed by atoms with Gasteiger partial charge in [-0.05, 0) is 29.8 Å². The standard InChI is InChI=1S/C12H8ClNO3/c13-11-6-2-5-10(12(11)14(16)17)8-3-1-4-9(15)7-8/h1-7,15H. The Morgan fingerprint density at radius 2 is 1.88 bits per heavy atom. The molecule has 0 radical (unpaired) electrons. The third-order valence-electron chi connectivity index (χ3n) is 2.33. The van der Waals surface area contributed by atoms with Gasteiger partial charge in [-0.25, -0.2) is 0 Å². The predicted octanol–water partition coefficient (Wildman–Crippen LogP) is 3.62. The minimum Gasteiger partial charge on any atom is -0.508 e. The SMILES string of the molecule is O=[N+]([O-])c1c(Cl)cccc1-c1cccc(O)c1. The second-order valence-electron chi connectivity index (χ2n) is 3.44. The van der Waals surface area contributed by atoms with Gasteiger partial charge in [-0.15, -0.1) is 0 Å². The quantitative estimate of drug-likeness (QED) is 0.653. The number of nitro benzene ring substituents is 1. The van der Waals surface area contributed by atoms with Crippen LogP contribution in [0.15, 0.2) is 42.5 Å². The van der Waals surface area contributed by atoms with Gasteiger partial charge in [0.05, 0.1) is 10.5 Å². The second kappa shape index (κ2) is 4.43. The lowest BCUT2D eigenvalue weighted by molar-refractivity contribution is -0.384. The Balaban J connectivity index is 2.67. The van der Waals surface area contributed by atoms with E-state index in [1.807, 2.05) is 0 Å². The van der Waals surface area contributed by atoms with Crippen LogP contribution in [0.5, 0.6) is 5.75 Å². The van der Waals surface area contributed by atoms with Crippen LogP contribution >= 0.6 is 11.6 Å². The molecule has 17 heavy (non-hydrogen) atoms. The maximum absolute atomic E-state index is 11.0. The normalized spacial score (nSPS) is 10.2. The second-order valence-corrected chi connectivity index (χ2v) is 3.85. The van der Waals surface area contributed by atoms with Crippen molar-refractivity contribution in [1.82, 2.24) is 0 Å². The molecule has 4 nitrogen and oxygen atoms in total. The van der Waals surface area contributed by atoms with E-state index in [-0.39, 0.29) is 16.5 Å². The summed E-state index contributed by atoms with van der Waals surface area (Å²) in [7, 11) is 0. The molecule has 0 saturated heterocycles. The maximum atomic E-state index is 11.0. The zero-order valence-electron chi connectivity index (χ0n) is 8.63. The molecule has 0 unspecified atom stereocenters. The average Bonchev–Trinajstić information content (AvgIpc) is 2.28. The molecule has 86 valence electrons. The van der Waals surface area contributed by atoms with E-state index in [0.29, 0.717) is 11.1 Å². The molecule has 0 bridgehead atoms. The van der Waals surface area contributed by atoms with Crippen molar-refractivity contribution in [3.05, 3.63) is 57.6 Å². The number of nitrogens with zero attached hydrogens (tertiary/aromatic N) is 1. The van der Waals surface area contributed by atoms with Gasteiger partial charge in [-0.1, -0.05) is 29.8 Å². The van der Waals surface area contributed by atoms with E-state index < -0.39 is 4.92 Å². The van der Waals surface area contributed by atoms with Crippen molar-refractivity contribution in [3.63, 3.8) is 0 Å². The number of phenolic OH excluding ortho intramolecular Hbond substituents is 1. The minimum atomic E-state index is -0.526. The minimum absolute atomic E-state index is 0.0526. The molecule has 2 aromatic rings. The average molecular weight is 250 g/mol. The van der Waals surface area contributed by atoms with Crippen LogP contribution in [-0.4, -0.2) is 10.0 Å². The van der Waals surface area contributed by atoms with E-state index >= 15 is 0 Å². The summed E-state index contributed by atoms with van der Waals surface area (Å²) in [5, 5.41) is 20.4. The van der Waals surface area contributed by atoms with Gasteiger partial charge < -0.3 is 5.11 Å². The van der Waals surface area contributed by atoms with Crippen LogP contribution in [0.3, 0.4) is 0 Å². The summed E-state index contributed by atoms with van der Waals surface area (Å²) in [6.45, 7) is 0. The highest BCUT2D eigenvalue weighted by atomic mass is 35.5. The van der Waals surface area contributed by atoms with E-state index in [2.05, 4.69) is 0 Å². The van der Waals surface area contributed by atoms with Crippen molar-refractivity contribution in [2.45, 2.75) is 0 Å². The van der Waals surface area contributed by atoms with Crippen LogP contribution in [0, 0.1) is 10.1 Å². The Labute approximate surface area is 102 Å². The van der Waals surface area contributed by atoms with Gasteiger partial charge in [0.15, 0.2) is 0 Å². The van der Waals surface area contributed by atoms with E-state index in [9.17, 15) is 15.2 Å². The molecule has 0 amide bonds. The highest BCUT2D eigenvalue weighted by Crippen LogP contribution is 2.36. The molecular formula is C12H8ClNO3. The van der Waals surface area contributed by atoms with Gasteiger partial charge in [-0.3, -0.25) is 10.1 Å². The van der Waals surface area contributed by atoms with Gasteiger partial charge in [-0.2, -0.15) is 0 Å². The molecule has 0 aliphatic rings. The van der Waals surface area contributed by atoms with Gasteiger partial charge in [0.1, 0.15) is 10.8 Å². The van der Waals surface area contributed by atoms with Crippen LogP contribution in [0.1, 0.15) is 0 Å². The number of halogens is 1. The van der Waals surface area contributed by atoms with Crippen molar-refractivity contribution in [1.29, 1.82) is 0 Å². The van der Waals surface area contributed by atoms with Crippen LogP contribution in [0.25, 0.3) is 11.1 Å². The van der Waals surface area contributed by atoms with Crippen molar-refractivity contribution in [2.75, 3.05) is 0 Å². The molecule has 5 heteroatoms. The molecule has 0 aliphatic heterocycles. The lowest BCUT2D eigenvalue weighted by Crippen LogP contribution is -1.92. The smallest absolute Gasteiger partial charge is 0.295 e. The highest BCUT2D eigenvalue weighted by Gasteiger charge is 2.19. The fraction of sp³-hybridized carbons (Fsp3) is 0. The summed E-state index contributed by atoms with van der Waals surface area (Å²) < 4.78 is 0. The Morgan fingerprint density at radius 3 is 2.53 bits per heavy atom. The zero-order chi connectivity index (χ0) is 12.4. The summed E-state index contributed by atoms with van der Waals surface area (Å²) in [6.07, 6.45) is 0. The summed E-state index contributed by atoms with van der Waals surface area (Å²) in [6, 6.07) is 11.0. The molecule has 0 aliphatic carbocycles. The van der Waals surface area contributed by atoms with Crippen molar-refractivity contribution >= 4 is 17.3 Å². The summed E-state index contributed by atoms with van der Waals surface area (Å²) in [4.78, 5) is 10.4. The topological polar surface area (TPSA) is 63.4 Å². The number of nitro groups is 1. The monoisotopic (exact) mass is 249 g/mol. The Bertz CT molecular complexity index is 584. The number of hydrogen-bond donors (Lipinski definition) is 1. The maximum Gasteiger partial charge on any atom is 0.295 e. The van der Waals surface area contributed by atoms with E-state index in [4.69, 9.17) is 11.6 Å². The summed E-state index contributed by atoms with van der Waals surface area (Å²) in [5.74, 6) is 0.0526. The first-order valence-electron chi connectivity index (χ1n) is 4.82. The zero-order valence-corrected chi connectivity index (χ0v) is 9.39. The van der Waals surface area contributed by atoms with Crippen molar-refractivity contribution in [3.8, 4) is 16.9 Å². The first-order valence-corrected chi connectivity index (χ1v) is 5.19.